The molecule has 4 rings (SSSR count). The number of amides is 4. The summed E-state index contributed by atoms with van der Waals surface area (Å²) in [6.07, 6.45) is 2.96. The summed E-state index contributed by atoms with van der Waals surface area (Å²) in [5.74, 6) is -1.58. The van der Waals surface area contributed by atoms with Gasteiger partial charge in [-0.3, -0.25) is 19.2 Å². The molecule has 10 nitrogen and oxygen atoms in total. The van der Waals surface area contributed by atoms with Crippen LogP contribution in [0.5, 0.6) is 0 Å². The van der Waals surface area contributed by atoms with E-state index in [-0.39, 0.29) is 35.7 Å². The Kier molecular flexibility index (Phi) is 9.66. The molecule has 210 valence electrons. The highest BCUT2D eigenvalue weighted by molar-refractivity contribution is 5.98. The van der Waals surface area contributed by atoms with Crippen LogP contribution in [0.2, 0.25) is 0 Å². The Bertz CT molecular complexity index is 1310. The number of aromatic nitrogens is 1. The second-order valence-corrected chi connectivity index (χ2v) is 10.2. The van der Waals surface area contributed by atoms with Crippen molar-refractivity contribution in [2.75, 3.05) is 6.54 Å². The van der Waals surface area contributed by atoms with Crippen LogP contribution in [0.3, 0.4) is 0 Å². The van der Waals surface area contributed by atoms with E-state index in [1.807, 2.05) is 44.2 Å². The third kappa shape index (κ3) is 7.56. The van der Waals surface area contributed by atoms with Gasteiger partial charge in [0.15, 0.2) is 5.69 Å². The van der Waals surface area contributed by atoms with Crippen LogP contribution in [0, 0.1) is 5.92 Å². The Hall–Kier alpha value is -4.47. The van der Waals surface area contributed by atoms with Crippen LogP contribution in [-0.2, 0) is 16.0 Å². The van der Waals surface area contributed by atoms with E-state index in [0.29, 0.717) is 31.4 Å². The summed E-state index contributed by atoms with van der Waals surface area (Å²) in [4.78, 5) is 57.1. The molecule has 1 aromatic heterocycles. The predicted molar refractivity (Wildman–Crippen MR) is 148 cm³/mol. The van der Waals surface area contributed by atoms with Crippen LogP contribution in [-0.4, -0.2) is 47.2 Å². The lowest BCUT2D eigenvalue weighted by atomic mass is 10.0. The quantitative estimate of drug-likeness (QED) is 0.388. The van der Waals surface area contributed by atoms with Crippen molar-refractivity contribution in [2.45, 2.75) is 57.7 Å². The molecular weight excluding hydrogens is 510 g/mol. The van der Waals surface area contributed by atoms with Crippen molar-refractivity contribution in [3.05, 3.63) is 89.6 Å². The molecule has 2 bridgehead atoms. The molecular formula is C30H35N5O5. The van der Waals surface area contributed by atoms with E-state index in [1.54, 1.807) is 30.3 Å². The van der Waals surface area contributed by atoms with Gasteiger partial charge in [0.2, 0.25) is 17.7 Å². The molecule has 2 heterocycles. The van der Waals surface area contributed by atoms with E-state index < -0.39 is 29.9 Å². The normalized spacial score (nSPS) is 20.8. The minimum atomic E-state index is -0.932. The van der Waals surface area contributed by atoms with Gasteiger partial charge in [0.05, 0.1) is 0 Å². The molecule has 0 fully saturated rings. The van der Waals surface area contributed by atoms with Crippen molar-refractivity contribution < 1.29 is 23.6 Å². The van der Waals surface area contributed by atoms with Gasteiger partial charge < -0.3 is 25.7 Å². The first-order chi connectivity index (χ1) is 19.3. The highest BCUT2D eigenvalue weighted by Crippen LogP contribution is 2.22. The van der Waals surface area contributed by atoms with Crippen molar-refractivity contribution >= 4 is 23.6 Å². The van der Waals surface area contributed by atoms with Crippen LogP contribution in [0.4, 0.5) is 0 Å². The Balaban J connectivity index is 1.62. The number of benzene rings is 2. The fourth-order valence-corrected chi connectivity index (χ4v) is 4.50. The summed E-state index contributed by atoms with van der Waals surface area (Å²) in [5, 5.41) is 11.5. The van der Waals surface area contributed by atoms with Gasteiger partial charge in [0.25, 0.3) is 11.8 Å². The van der Waals surface area contributed by atoms with Gasteiger partial charge in [0, 0.05) is 18.5 Å². The number of oxazole rings is 1. The number of hydrogen-bond acceptors (Lipinski definition) is 6. The van der Waals surface area contributed by atoms with Gasteiger partial charge in [-0.2, -0.15) is 0 Å². The third-order valence-electron chi connectivity index (χ3n) is 6.76. The van der Waals surface area contributed by atoms with Crippen molar-refractivity contribution in [2.24, 2.45) is 5.92 Å². The second-order valence-electron chi connectivity index (χ2n) is 10.2. The molecule has 0 spiro atoms. The highest BCUT2D eigenvalue weighted by atomic mass is 16.3. The van der Waals surface area contributed by atoms with Gasteiger partial charge >= 0.3 is 0 Å². The standard InChI is InChI=1S/C30H35N5O5/c1-19(2)25-30-34-24(18-40-30)27(37)31-16-10-9-15-22(32-26(36)21-13-7-4-8-14-21)28(38)33-23(29(39)35-25)17-20-11-5-3-6-12-20/h3-8,11-14,18-19,22-23,25H,9-10,15-17H2,1-2H3,(H,31,37)(H,32,36)(H,33,38)(H,35,39)/t22-,23-,25-/m0/s1. The average Bonchev–Trinajstić information content (AvgIpc) is 3.45. The number of nitrogens with one attached hydrogen (secondary N) is 4. The Morgan fingerprint density at radius 3 is 2.38 bits per heavy atom. The van der Waals surface area contributed by atoms with Crippen molar-refractivity contribution in [1.29, 1.82) is 0 Å². The smallest absolute Gasteiger partial charge is 0.273 e. The molecule has 2 aromatic carbocycles. The fraction of sp³-hybridized carbons (Fsp3) is 0.367. The van der Waals surface area contributed by atoms with Crippen LogP contribution in [0.25, 0.3) is 0 Å². The zero-order valence-corrected chi connectivity index (χ0v) is 22.7. The van der Waals surface area contributed by atoms with Crippen LogP contribution in [0.1, 0.15) is 71.5 Å². The maximum absolute atomic E-state index is 13.6. The van der Waals surface area contributed by atoms with Crippen LogP contribution < -0.4 is 21.3 Å². The largest absolute Gasteiger partial charge is 0.446 e. The summed E-state index contributed by atoms with van der Waals surface area (Å²) in [5.41, 5.74) is 1.42. The van der Waals surface area contributed by atoms with E-state index in [1.165, 1.54) is 6.26 Å². The molecule has 0 radical (unpaired) electrons. The van der Waals surface area contributed by atoms with Crippen LogP contribution in [0.15, 0.2) is 71.3 Å². The van der Waals surface area contributed by atoms with Gasteiger partial charge in [-0.15, -0.1) is 0 Å². The van der Waals surface area contributed by atoms with Gasteiger partial charge in [-0.25, -0.2) is 4.98 Å². The first kappa shape index (κ1) is 28.5. The minimum Gasteiger partial charge on any atom is -0.446 e. The van der Waals surface area contributed by atoms with Crippen molar-refractivity contribution in [1.82, 2.24) is 26.3 Å². The number of carbonyl (C=O) groups excluding carboxylic acids is 4. The number of nitrogens with zero attached hydrogens (tertiary/aromatic N) is 1. The minimum absolute atomic E-state index is 0.122. The lowest BCUT2D eigenvalue weighted by Crippen LogP contribution is -2.55. The molecule has 0 aliphatic carbocycles. The number of fused-ring (bicyclic) bond motifs is 2. The first-order valence-electron chi connectivity index (χ1n) is 13.6. The van der Waals surface area contributed by atoms with E-state index in [4.69, 9.17) is 4.42 Å². The van der Waals surface area contributed by atoms with E-state index in [9.17, 15) is 19.2 Å². The van der Waals surface area contributed by atoms with Crippen molar-refractivity contribution in [3.8, 4) is 0 Å². The highest BCUT2D eigenvalue weighted by Gasteiger charge is 2.31. The van der Waals surface area contributed by atoms with E-state index >= 15 is 0 Å². The van der Waals surface area contributed by atoms with Gasteiger partial charge in [0.1, 0.15) is 24.4 Å². The molecule has 1 aliphatic rings. The molecule has 3 atom stereocenters. The fourth-order valence-electron chi connectivity index (χ4n) is 4.50. The summed E-state index contributed by atoms with van der Waals surface area (Å²) < 4.78 is 5.59. The molecule has 0 saturated heterocycles. The maximum Gasteiger partial charge on any atom is 0.273 e. The molecule has 0 saturated carbocycles. The van der Waals surface area contributed by atoms with Crippen molar-refractivity contribution in [3.63, 3.8) is 0 Å². The van der Waals surface area contributed by atoms with Crippen LogP contribution >= 0.6 is 0 Å². The number of carbonyl (C=O) groups is 4. The second kappa shape index (κ2) is 13.5. The zero-order chi connectivity index (χ0) is 28.5. The third-order valence-corrected chi connectivity index (χ3v) is 6.76. The zero-order valence-electron chi connectivity index (χ0n) is 22.7. The number of rotatable bonds is 5. The topological polar surface area (TPSA) is 142 Å². The molecule has 4 amide bonds. The lowest BCUT2D eigenvalue weighted by Gasteiger charge is -2.26. The molecule has 3 aromatic rings. The Labute approximate surface area is 233 Å². The average molecular weight is 546 g/mol. The summed E-state index contributed by atoms with van der Waals surface area (Å²) in [7, 11) is 0. The summed E-state index contributed by atoms with van der Waals surface area (Å²) in [6, 6.07) is 15.6. The molecule has 1 aliphatic heterocycles. The summed E-state index contributed by atoms with van der Waals surface area (Å²) >= 11 is 0. The Morgan fingerprint density at radius 2 is 1.68 bits per heavy atom. The van der Waals surface area contributed by atoms with Gasteiger partial charge in [-0.05, 0) is 42.9 Å². The summed E-state index contributed by atoms with van der Waals surface area (Å²) in [6.45, 7) is 4.16. The molecule has 4 N–H and O–H groups in total. The van der Waals surface area contributed by atoms with E-state index in [2.05, 4.69) is 26.3 Å². The van der Waals surface area contributed by atoms with Gasteiger partial charge in [-0.1, -0.05) is 62.4 Å². The van der Waals surface area contributed by atoms with E-state index in [0.717, 1.165) is 5.56 Å². The Morgan fingerprint density at radius 1 is 0.975 bits per heavy atom. The predicted octanol–water partition coefficient (Wildman–Crippen LogP) is 2.93. The SMILES string of the molecule is CC(C)[C@@H]1NC(=O)[C@H](Cc2ccccc2)NC(=O)[C@@H](NC(=O)c2ccccc2)CCCCNC(=O)c2coc1n2. The maximum atomic E-state index is 13.6. The lowest BCUT2D eigenvalue weighted by molar-refractivity contribution is -0.130. The molecule has 0 unspecified atom stereocenters. The number of hydrogen-bond donors (Lipinski definition) is 4. The first-order valence-corrected chi connectivity index (χ1v) is 13.6. The molecule has 40 heavy (non-hydrogen) atoms. The monoisotopic (exact) mass is 545 g/mol. The molecule has 10 heteroatoms.